The molecule has 0 amide bonds. The number of sulfone groups is 1. The van der Waals surface area contributed by atoms with E-state index >= 15 is 0 Å². The lowest BCUT2D eigenvalue weighted by molar-refractivity contribution is 0.101. The molecule has 0 bridgehead atoms. The molecule has 2 N–H and O–H groups in total. The van der Waals surface area contributed by atoms with Crippen LogP contribution in [-0.4, -0.2) is 24.9 Å². The van der Waals surface area contributed by atoms with Gasteiger partial charge in [-0.15, -0.1) is 0 Å². The Balaban J connectivity index is 2.56. The maximum Gasteiger partial charge on any atom is 0.163 e. The first-order valence-corrected chi connectivity index (χ1v) is 6.71. The number of nitrogen functional groups attached to an aromatic ring is 1. The molecule has 16 heavy (non-hydrogen) atoms. The van der Waals surface area contributed by atoms with Crippen LogP contribution in [-0.2, 0) is 22.0 Å². The largest absolute Gasteiger partial charge is 0.383 e. The number of carbonyl (C=O) groups excluding carboxylic acids is 1. The molecule has 0 radical (unpaired) electrons. The number of hydrogen-bond acceptors (Lipinski definition) is 5. The van der Waals surface area contributed by atoms with Crippen molar-refractivity contribution in [2.75, 3.05) is 11.5 Å². The lowest BCUT2D eigenvalue weighted by Gasteiger charge is -2.16. The van der Waals surface area contributed by atoms with Gasteiger partial charge in [0.2, 0.25) is 0 Å². The summed E-state index contributed by atoms with van der Waals surface area (Å²) in [6.07, 6.45) is 0.375. The molecule has 86 valence electrons. The van der Waals surface area contributed by atoms with Crippen molar-refractivity contribution in [1.82, 2.24) is 4.98 Å². The van der Waals surface area contributed by atoms with Gasteiger partial charge in [-0.05, 0) is 18.6 Å². The fourth-order valence-electron chi connectivity index (χ4n) is 1.79. The summed E-state index contributed by atoms with van der Waals surface area (Å²) in [7, 11) is -3.04. The third-order valence-electron chi connectivity index (χ3n) is 2.63. The van der Waals surface area contributed by atoms with Gasteiger partial charge in [-0.3, -0.25) is 4.79 Å². The molecule has 6 heteroatoms. The van der Waals surface area contributed by atoms with E-state index in [1.54, 1.807) is 6.07 Å². The molecule has 5 nitrogen and oxygen atoms in total. The summed E-state index contributed by atoms with van der Waals surface area (Å²) < 4.78 is 22.9. The van der Waals surface area contributed by atoms with Crippen LogP contribution in [0.3, 0.4) is 0 Å². The molecule has 0 unspecified atom stereocenters. The summed E-state index contributed by atoms with van der Waals surface area (Å²) in [5.41, 5.74) is 7.23. The van der Waals surface area contributed by atoms with Crippen LogP contribution in [0.5, 0.6) is 0 Å². The van der Waals surface area contributed by atoms with Gasteiger partial charge in [-0.1, -0.05) is 0 Å². The zero-order chi connectivity index (χ0) is 11.9. The van der Waals surface area contributed by atoms with Crippen LogP contribution in [0.4, 0.5) is 5.82 Å². The monoisotopic (exact) mass is 240 g/mol. The number of carbonyl (C=O) groups is 1. The summed E-state index contributed by atoms with van der Waals surface area (Å²) in [4.78, 5) is 15.3. The first-order chi connectivity index (χ1) is 7.39. The summed E-state index contributed by atoms with van der Waals surface area (Å²) in [5.74, 6) is 0.0446. The van der Waals surface area contributed by atoms with E-state index in [2.05, 4.69) is 4.98 Å². The molecule has 0 aliphatic carbocycles. The van der Waals surface area contributed by atoms with E-state index in [0.717, 1.165) is 0 Å². The molecule has 1 aromatic heterocycles. The van der Waals surface area contributed by atoms with Crippen LogP contribution in [0, 0.1) is 0 Å². The first kappa shape index (κ1) is 11.1. The van der Waals surface area contributed by atoms with Crippen molar-refractivity contribution in [2.24, 2.45) is 0 Å². The molecular weight excluding hydrogens is 228 g/mol. The Morgan fingerprint density at radius 1 is 1.50 bits per heavy atom. The summed E-state index contributed by atoms with van der Waals surface area (Å²) in [5, 5.41) is 0. The van der Waals surface area contributed by atoms with Gasteiger partial charge in [0.15, 0.2) is 15.6 Å². The van der Waals surface area contributed by atoms with Crippen LogP contribution in [0.15, 0.2) is 6.07 Å². The molecule has 2 heterocycles. The molecule has 0 spiro atoms. The SMILES string of the molecule is CC(=O)c1cc2c(nc1N)CCS(=O)(=O)C2. The number of pyridine rings is 1. The van der Waals surface area contributed by atoms with Crippen molar-refractivity contribution in [3.63, 3.8) is 0 Å². The Bertz CT molecular complexity index is 564. The van der Waals surface area contributed by atoms with Gasteiger partial charge in [-0.2, -0.15) is 0 Å². The standard InChI is InChI=1S/C10H12N2O3S/c1-6(13)8-4-7-5-16(14,15)3-2-9(7)12-10(8)11/h4H,2-3,5H2,1H3,(H2,11,12). The topological polar surface area (TPSA) is 90.1 Å². The lowest BCUT2D eigenvalue weighted by atomic mass is 10.1. The number of Topliss-reactive ketones (excluding diaryl/α,β-unsaturated/α-hetero) is 1. The Labute approximate surface area is 93.6 Å². The van der Waals surface area contributed by atoms with E-state index in [0.29, 0.717) is 23.2 Å². The van der Waals surface area contributed by atoms with E-state index in [9.17, 15) is 13.2 Å². The Morgan fingerprint density at radius 2 is 2.19 bits per heavy atom. The van der Waals surface area contributed by atoms with E-state index in [4.69, 9.17) is 5.73 Å². The molecule has 0 atom stereocenters. The lowest BCUT2D eigenvalue weighted by Crippen LogP contribution is -2.21. The number of aromatic nitrogens is 1. The molecule has 1 aromatic rings. The van der Waals surface area contributed by atoms with Gasteiger partial charge in [0, 0.05) is 12.1 Å². The van der Waals surface area contributed by atoms with E-state index in [1.165, 1.54) is 6.92 Å². The fourth-order valence-corrected chi connectivity index (χ4v) is 3.17. The summed E-state index contributed by atoms with van der Waals surface area (Å²) in [6.45, 7) is 1.39. The Morgan fingerprint density at radius 3 is 2.81 bits per heavy atom. The molecule has 0 aromatic carbocycles. The smallest absolute Gasteiger partial charge is 0.163 e. The normalized spacial score (nSPS) is 17.8. The van der Waals surface area contributed by atoms with E-state index < -0.39 is 9.84 Å². The van der Waals surface area contributed by atoms with Crippen LogP contribution in [0.1, 0.15) is 28.5 Å². The summed E-state index contributed by atoms with van der Waals surface area (Å²) in [6, 6.07) is 1.55. The van der Waals surface area contributed by atoms with Gasteiger partial charge < -0.3 is 5.73 Å². The number of fused-ring (bicyclic) bond motifs is 1. The van der Waals surface area contributed by atoms with Crippen LogP contribution >= 0.6 is 0 Å². The van der Waals surface area contributed by atoms with Gasteiger partial charge in [0.05, 0.1) is 17.1 Å². The van der Waals surface area contributed by atoms with Gasteiger partial charge in [0.1, 0.15) is 5.82 Å². The minimum atomic E-state index is -3.04. The third kappa shape index (κ3) is 1.92. The van der Waals surface area contributed by atoms with Crippen molar-refractivity contribution in [1.29, 1.82) is 0 Å². The van der Waals surface area contributed by atoms with Crippen molar-refractivity contribution < 1.29 is 13.2 Å². The molecule has 2 rings (SSSR count). The quantitative estimate of drug-likeness (QED) is 0.715. The average molecular weight is 240 g/mol. The maximum atomic E-state index is 11.4. The Hall–Kier alpha value is -1.43. The van der Waals surface area contributed by atoms with E-state index in [-0.39, 0.29) is 23.1 Å². The van der Waals surface area contributed by atoms with E-state index in [1.807, 2.05) is 0 Å². The number of anilines is 1. The summed E-state index contributed by atoms with van der Waals surface area (Å²) >= 11 is 0. The zero-order valence-corrected chi connectivity index (χ0v) is 9.67. The number of hydrogen-bond donors (Lipinski definition) is 1. The predicted molar refractivity (Wildman–Crippen MR) is 59.8 cm³/mol. The first-order valence-electron chi connectivity index (χ1n) is 4.89. The minimum Gasteiger partial charge on any atom is -0.383 e. The second kappa shape index (κ2) is 3.55. The van der Waals surface area contributed by atoms with Crippen LogP contribution < -0.4 is 5.73 Å². The second-order valence-electron chi connectivity index (χ2n) is 3.93. The third-order valence-corrected chi connectivity index (χ3v) is 4.20. The number of rotatable bonds is 1. The Kier molecular flexibility index (Phi) is 2.46. The predicted octanol–water partition coefficient (Wildman–Crippen LogP) is 0.337. The van der Waals surface area contributed by atoms with Crippen molar-refractivity contribution in [3.8, 4) is 0 Å². The second-order valence-corrected chi connectivity index (χ2v) is 6.11. The van der Waals surface area contributed by atoms with Crippen LogP contribution in [0.25, 0.3) is 0 Å². The highest BCUT2D eigenvalue weighted by atomic mass is 32.2. The molecule has 0 fully saturated rings. The van der Waals surface area contributed by atoms with Gasteiger partial charge >= 0.3 is 0 Å². The molecule has 0 saturated carbocycles. The highest BCUT2D eigenvalue weighted by Crippen LogP contribution is 2.23. The minimum absolute atomic E-state index is 0.0457. The van der Waals surface area contributed by atoms with Gasteiger partial charge in [0.25, 0.3) is 0 Å². The number of nitrogens with two attached hydrogens (primary N) is 1. The number of ketones is 1. The number of aryl methyl sites for hydroxylation is 1. The number of nitrogens with zero attached hydrogens (tertiary/aromatic N) is 1. The fraction of sp³-hybridized carbons (Fsp3) is 0.400. The highest BCUT2D eigenvalue weighted by molar-refractivity contribution is 7.90. The average Bonchev–Trinajstić information content (AvgIpc) is 2.16. The van der Waals surface area contributed by atoms with Crippen LogP contribution in [0.2, 0.25) is 0 Å². The van der Waals surface area contributed by atoms with Crippen molar-refractivity contribution in [2.45, 2.75) is 19.1 Å². The van der Waals surface area contributed by atoms with Crippen molar-refractivity contribution in [3.05, 3.63) is 22.9 Å². The van der Waals surface area contributed by atoms with Crippen molar-refractivity contribution >= 4 is 21.4 Å². The highest BCUT2D eigenvalue weighted by Gasteiger charge is 2.24. The molecule has 1 aliphatic heterocycles. The molecule has 0 saturated heterocycles. The zero-order valence-electron chi connectivity index (χ0n) is 8.86. The van der Waals surface area contributed by atoms with Gasteiger partial charge in [-0.25, -0.2) is 13.4 Å². The molecule has 1 aliphatic rings. The molecular formula is C10H12N2O3S. The maximum absolute atomic E-state index is 11.4.